The third-order valence-electron chi connectivity index (χ3n) is 2.04. The third-order valence-corrected chi connectivity index (χ3v) is 2.59. The lowest BCUT2D eigenvalue weighted by atomic mass is 10.2. The summed E-state index contributed by atoms with van der Waals surface area (Å²) >= 11 is 6.01. The Labute approximate surface area is 84.2 Å². The second kappa shape index (κ2) is 3.97. The van der Waals surface area contributed by atoms with Gasteiger partial charge in [-0.2, -0.15) is 5.10 Å². The van der Waals surface area contributed by atoms with E-state index in [1.54, 1.807) is 0 Å². The van der Waals surface area contributed by atoms with Crippen LogP contribution in [0, 0.1) is 13.8 Å². The summed E-state index contributed by atoms with van der Waals surface area (Å²) in [6.45, 7) is 10.7. The van der Waals surface area contributed by atoms with E-state index in [0.717, 1.165) is 29.4 Å². The summed E-state index contributed by atoms with van der Waals surface area (Å²) < 4.78 is 1.94. The minimum Gasteiger partial charge on any atom is -0.268 e. The van der Waals surface area contributed by atoms with Crippen LogP contribution in [0.3, 0.4) is 0 Å². The Morgan fingerprint density at radius 1 is 1.54 bits per heavy atom. The SMILES string of the molecule is C=C(C)CCn1nc(C)c(Cl)c1C. The first-order chi connectivity index (χ1) is 6.02. The smallest absolute Gasteiger partial charge is 0.0844 e. The summed E-state index contributed by atoms with van der Waals surface area (Å²) in [5.41, 5.74) is 3.12. The lowest BCUT2D eigenvalue weighted by Gasteiger charge is -2.03. The van der Waals surface area contributed by atoms with Gasteiger partial charge < -0.3 is 0 Å². The molecular weight excluding hydrogens is 184 g/mol. The van der Waals surface area contributed by atoms with E-state index in [4.69, 9.17) is 11.6 Å². The number of nitrogens with zero attached hydrogens (tertiary/aromatic N) is 2. The van der Waals surface area contributed by atoms with Gasteiger partial charge in [-0.05, 0) is 27.2 Å². The fourth-order valence-corrected chi connectivity index (χ4v) is 1.32. The second-order valence-corrected chi connectivity index (χ2v) is 3.79. The molecule has 3 heteroatoms. The van der Waals surface area contributed by atoms with E-state index < -0.39 is 0 Å². The number of aryl methyl sites for hydroxylation is 2. The molecule has 0 amide bonds. The molecule has 0 N–H and O–H groups in total. The van der Waals surface area contributed by atoms with Crippen molar-refractivity contribution < 1.29 is 0 Å². The molecule has 0 aromatic carbocycles. The zero-order valence-electron chi connectivity index (χ0n) is 8.39. The molecule has 2 nitrogen and oxygen atoms in total. The third kappa shape index (κ3) is 2.34. The van der Waals surface area contributed by atoms with Crippen LogP contribution in [0.15, 0.2) is 12.2 Å². The van der Waals surface area contributed by atoms with Gasteiger partial charge in [0.2, 0.25) is 0 Å². The molecule has 1 heterocycles. The molecule has 72 valence electrons. The number of halogens is 1. The van der Waals surface area contributed by atoms with E-state index in [1.165, 1.54) is 5.57 Å². The van der Waals surface area contributed by atoms with Crippen LogP contribution in [-0.4, -0.2) is 9.78 Å². The molecule has 1 rings (SSSR count). The Morgan fingerprint density at radius 3 is 2.54 bits per heavy atom. The fraction of sp³-hybridized carbons (Fsp3) is 0.500. The van der Waals surface area contributed by atoms with Gasteiger partial charge in [-0.15, -0.1) is 6.58 Å². The van der Waals surface area contributed by atoms with E-state index in [-0.39, 0.29) is 0 Å². The maximum atomic E-state index is 6.01. The Bertz CT molecular complexity index is 326. The normalized spacial score (nSPS) is 10.5. The lowest BCUT2D eigenvalue weighted by Crippen LogP contribution is -2.02. The van der Waals surface area contributed by atoms with Crippen LogP contribution < -0.4 is 0 Å². The van der Waals surface area contributed by atoms with Gasteiger partial charge in [0, 0.05) is 6.54 Å². The van der Waals surface area contributed by atoms with Gasteiger partial charge in [-0.3, -0.25) is 4.68 Å². The fourth-order valence-electron chi connectivity index (χ4n) is 1.19. The van der Waals surface area contributed by atoms with Crippen molar-refractivity contribution in [1.82, 2.24) is 9.78 Å². The van der Waals surface area contributed by atoms with Crippen LogP contribution >= 0.6 is 11.6 Å². The van der Waals surface area contributed by atoms with Crippen LogP contribution in [0.2, 0.25) is 5.02 Å². The van der Waals surface area contributed by atoms with Gasteiger partial charge in [-0.1, -0.05) is 17.2 Å². The quantitative estimate of drug-likeness (QED) is 0.683. The molecule has 0 bridgehead atoms. The molecule has 0 aliphatic carbocycles. The monoisotopic (exact) mass is 198 g/mol. The molecule has 0 saturated heterocycles. The Balaban J connectivity index is 2.78. The molecule has 0 saturated carbocycles. The lowest BCUT2D eigenvalue weighted by molar-refractivity contribution is 0.592. The molecule has 13 heavy (non-hydrogen) atoms. The molecular formula is C10H15ClN2. The van der Waals surface area contributed by atoms with Crippen LogP contribution in [-0.2, 0) is 6.54 Å². The van der Waals surface area contributed by atoms with E-state index in [1.807, 2.05) is 25.5 Å². The average Bonchev–Trinajstić information content (AvgIpc) is 2.29. The van der Waals surface area contributed by atoms with Crippen LogP contribution in [0.1, 0.15) is 24.7 Å². The molecule has 0 radical (unpaired) electrons. The van der Waals surface area contributed by atoms with Crippen LogP contribution in [0.25, 0.3) is 0 Å². The molecule has 1 aromatic heterocycles. The summed E-state index contributed by atoms with van der Waals surface area (Å²) in [6.07, 6.45) is 0.957. The van der Waals surface area contributed by atoms with E-state index in [0.29, 0.717) is 0 Å². The zero-order chi connectivity index (χ0) is 10.0. The van der Waals surface area contributed by atoms with Crippen LogP contribution in [0.4, 0.5) is 0 Å². The maximum Gasteiger partial charge on any atom is 0.0844 e. The minimum absolute atomic E-state index is 0.779. The maximum absolute atomic E-state index is 6.01. The van der Waals surface area contributed by atoms with Crippen molar-refractivity contribution >= 4 is 11.6 Å². The minimum atomic E-state index is 0.779. The highest BCUT2D eigenvalue weighted by atomic mass is 35.5. The van der Waals surface area contributed by atoms with Crippen molar-refractivity contribution in [3.63, 3.8) is 0 Å². The number of aromatic nitrogens is 2. The van der Waals surface area contributed by atoms with E-state index in [9.17, 15) is 0 Å². The molecule has 0 unspecified atom stereocenters. The zero-order valence-corrected chi connectivity index (χ0v) is 9.15. The molecule has 0 aliphatic heterocycles. The highest BCUT2D eigenvalue weighted by Gasteiger charge is 2.07. The van der Waals surface area contributed by atoms with Crippen molar-refractivity contribution in [2.24, 2.45) is 0 Å². The number of allylic oxidation sites excluding steroid dienone is 1. The predicted molar refractivity (Wildman–Crippen MR) is 56.1 cm³/mol. The summed E-state index contributed by atoms with van der Waals surface area (Å²) in [6, 6.07) is 0. The summed E-state index contributed by atoms with van der Waals surface area (Å²) in [7, 11) is 0. The van der Waals surface area contributed by atoms with Gasteiger partial charge in [0.1, 0.15) is 0 Å². The van der Waals surface area contributed by atoms with Crippen molar-refractivity contribution in [2.75, 3.05) is 0 Å². The summed E-state index contributed by atoms with van der Waals surface area (Å²) in [5, 5.41) is 5.10. The average molecular weight is 199 g/mol. The van der Waals surface area contributed by atoms with Gasteiger partial charge in [0.25, 0.3) is 0 Å². The first-order valence-electron chi connectivity index (χ1n) is 4.36. The Hall–Kier alpha value is -0.760. The van der Waals surface area contributed by atoms with Gasteiger partial charge >= 0.3 is 0 Å². The standard InChI is InChI=1S/C10H15ClN2/c1-7(2)5-6-13-9(4)10(11)8(3)12-13/h1,5-6H2,2-4H3. The van der Waals surface area contributed by atoms with Crippen molar-refractivity contribution in [2.45, 2.75) is 33.7 Å². The number of hydrogen-bond donors (Lipinski definition) is 0. The molecule has 0 atom stereocenters. The Kier molecular flexibility index (Phi) is 3.15. The first-order valence-corrected chi connectivity index (χ1v) is 4.74. The molecule has 1 aromatic rings. The summed E-state index contributed by atoms with van der Waals surface area (Å²) in [4.78, 5) is 0. The second-order valence-electron chi connectivity index (χ2n) is 3.42. The van der Waals surface area contributed by atoms with Crippen LogP contribution in [0.5, 0.6) is 0 Å². The first kappa shape index (κ1) is 10.3. The Morgan fingerprint density at radius 2 is 2.15 bits per heavy atom. The van der Waals surface area contributed by atoms with Crippen molar-refractivity contribution in [3.8, 4) is 0 Å². The number of rotatable bonds is 3. The van der Waals surface area contributed by atoms with Gasteiger partial charge in [0.05, 0.1) is 16.4 Å². The predicted octanol–water partition coefficient (Wildman–Crippen LogP) is 3.12. The number of hydrogen-bond acceptors (Lipinski definition) is 1. The van der Waals surface area contributed by atoms with E-state index >= 15 is 0 Å². The van der Waals surface area contributed by atoms with E-state index in [2.05, 4.69) is 11.7 Å². The topological polar surface area (TPSA) is 17.8 Å². The largest absolute Gasteiger partial charge is 0.268 e. The van der Waals surface area contributed by atoms with Crippen molar-refractivity contribution in [1.29, 1.82) is 0 Å². The van der Waals surface area contributed by atoms with Gasteiger partial charge in [-0.25, -0.2) is 0 Å². The van der Waals surface area contributed by atoms with Crippen molar-refractivity contribution in [3.05, 3.63) is 28.6 Å². The highest BCUT2D eigenvalue weighted by Crippen LogP contribution is 2.19. The highest BCUT2D eigenvalue weighted by molar-refractivity contribution is 6.31. The molecule has 0 spiro atoms. The molecule has 0 aliphatic rings. The molecule has 0 fully saturated rings. The summed E-state index contributed by atoms with van der Waals surface area (Å²) in [5.74, 6) is 0. The van der Waals surface area contributed by atoms with Gasteiger partial charge in [0.15, 0.2) is 0 Å².